The average molecular weight is 465 g/mol. The molecule has 0 saturated carbocycles. The highest BCUT2D eigenvalue weighted by Gasteiger charge is 2.32. The molecule has 32 heavy (non-hydrogen) atoms. The van der Waals surface area contributed by atoms with Crippen LogP contribution in [0.5, 0.6) is 23.0 Å². The Kier molecular flexibility index (Phi) is 7.02. The van der Waals surface area contributed by atoms with Crippen LogP contribution in [0.25, 0.3) is 0 Å². The highest BCUT2D eigenvalue weighted by atomic mass is 32.2. The zero-order chi connectivity index (χ0) is 23.5. The average Bonchev–Trinajstić information content (AvgIpc) is 2.77. The van der Waals surface area contributed by atoms with Crippen molar-refractivity contribution in [2.75, 3.05) is 45.0 Å². The largest absolute Gasteiger partial charge is 0.493 e. The molecule has 174 valence electrons. The minimum absolute atomic E-state index is 0.266. The summed E-state index contributed by atoms with van der Waals surface area (Å²) < 4.78 is 48.0. The van der Waals surface area contributed by atoms with Crippen LogP contribution in [0.1, 0.15) is 12.5 Å². The molecule has 0 bridgehead atoms. The monoisotopic (exact) mass is 464 g/mol. The Labute approximate surface area is 188 Å². The van der Waals surface area contributed by atoms with Gasteiger partial charge in [0.2, 0.25) is 15.9 Å². The van der Waals surface area contributed by atoms with E-state index in [0.717, 1.165) is 16.1 Å². The Morgan fingerprint density at radius 2 is 1.69 bits per heavy atom. The third kappa shape index (κ3) is 5.01. The molecule has 0 fully saturated rings. The number of amides is 1. The standard InChI is InChI=1S/C22H28N2O7S/c1-15(22(25)23(2)14-16-6-8-18(28-3)20(12-16)29-4)24(32(5,26)27)17-7-9-19-21(13-17)31-11-10-30-19/h6-9,12-13,15H,10-11,14H2,1-5H3/t15-/m0/s1. The van der Waals surface area contributed by atoms with Crippen LogP contribution in [-0.2, 0) is 21.4 Å². The Morgan fingerprint density at radius 3 is 2.31 bits per heavy atom. The fraction of sp³-hybridized carbons (Fsp3) is 0.409. The van der Waals surface area contributed by atoms with Crippen molar-refractivity contribution in [2.45, 2.75) is 19.5 Å². The van der Waals surface area contributed by atoms with Crippen LogP contribution in [0.3, 0.4) is 0 Å². The number of benzene rings is 2. The number of fused-ring (bicyclic) bond motifs is 1. The number of hydrogen-bond donors (Lipinski definition) is 0. The highest BCUT2D eigenvalue weighted by molar-refractivity contribution is 7.92. The van der Waals surface area contributed by atoms with Crippen molar-refractivity contribution in [3.8, 4) is 23.0 Å². The van der Waals surface area contributed by atoms with Crippen molar-refractivity contribution >= 4 is 21.6 Å². The minimum Gasteiger partial charge on any atom is -0.493 e. The molecule has 10 heteroatoms. The number of carbonyl (C=O) groups excluding carboxylic acids is 1. The molecule has 1 amide bonds. The number of sulfonamides is 1. The third-order valence-electron chi connectivity index (χ3n) is 5.09. The second kappa shape index (κ2) is 9.56. The normalized spacial score (nSPS) is 13.8. The van der Waals surface area contributed by atoms with Gasteiger partial charge in [0.1, 0.15) is 19.3 Å². The molecule has 0 saturated heterocycles. The Balaban J connectivity index is 1.83. The van der Waals surface area contributed by atoms with Crippen LogP contribution in [-0.4, -0.2) is 66.0 Å². The predicted molar refractivity (Wildman–Crippen MR) is 120 cm³/mol. The molecular formula is C22H28N2O7S. The lowest BCUT2D eigenvalue weighted by Gasteiger charge is -2.32. The number of nitrogens with zero attached hydrogens (tertiary/aromatic N) is 2. The van der Waals surface area contributed by atoms with Gasteiger partial charge < -0.3 is 23.8 Å². The highest BCUT2D eigenvalue weighted by Crippen LogP contribution is 2.35. The van der Waals surface area contributed by atoms with Crippen molar-refractivity contribution in [3.63, 3.8) is 0 Å². The molecule has 0 aromatic heterocycles. The number of likely N-dealkylation sites (N-methyl/N-ethyl adjacent to an activating group) is 1. The van der Waals surface area contributed by atoms with Gasteiger partial charge in [-0.1, -0.05) is 6.07 Å². The van der Waals surface area contributed by atoms with Crippen LogP contribution in [0, 0.1) is 0 Å². The lowest BCUT2D eigenvalue weighted by molar-refractivity contribution is -0.131. The van der Waals surface area contributed by atoms with Crippen molar-refractivity contribution in [1.82, 2.24) is 4.90 Å². The maximum atomic E-state index is 13.2. The molecule has 0 unspecified atom stereocenters. The Hall–Kier alpha value is -3.14. The Bertz CT molecular complexity index is 1090. The first-order valence-electron chi connectivity index (χ1n) is 10.0. The van der Waals surface area contributed by atoms with Gasteiger partial charge in [-0.05, 0) is 36.8 Å². The van der Waals surface area contributed by atoms with E-state index in [-0.39, 0.29) is 12.5 Å². The van der Waals surface area contributed by atoms with Crippen molar-refractivity contribution in [1.29, 1.82) is 0 Å². The summed E-state index contributed by atoms with van der Waals surface area (Å²) in [6, 6.07) is 9.21. The van der Waals surface area contributed by atoms with E-state index in [1.54, 1.807) is 51.4 Å². The number of methoxy groups -OCH3 is 2. The summed E-state index contributed by atoms with van der Waals surface area (Å²) in [5, 5.41) is 0. The molecule has 2 aromatic carbocycles. The van der Waals surface area contributed by atoms with Gasteiger partial charge in [-0.2, -0.15) is 0 Å². The van der Waals surface area contributed by atoms with Crippen LogP contribution in [0.2, 0.25) is 0 Å². The lowest BCUT2D eigenvalue weighted by atomic mass is 10.1. The summed E-state index contributed by atoms with van der Waals surface area (Å²) >= 11 is 0. The van der Waals surface area contributed by atoms with Crippen molar-refractivity contribution in [2.24, 2.45) is 0 Å². The molecule has 0 radical (unpaired) electrons. The van der Waals surface area contributed by atoms with E-state index in [1.165, 1.54) is 12.0 Å². The molecular weight excluding hydrogens is 436 g/mol. The maximum Gasteiger partial charge on any atom is 0.246 e. The van der Waals surface area contributed by atoms with Gasteiger partial charge in [0, 0.05) is 19.7 Å². The second-order valence-corrected chi connectivity index (χ2v) is 9.31. The summed E-state index contributed by atoms with van der Waals surface area (Å²) in [6.07, 6.45) is 1.07. The zero-order valence-corrected chi connectivity index (χ0v) is 19.6. The van der Waals surface area contributed by atoms with Gasteiger partial charge in [0.15, 0.2) is 23.0 Å². The maximum absolute atomic E-state index is 13.2. The number of carbonyl (C=O) groups is 1. The third-order valence-corrected chi connectivity index (χ3v) is 6.33. The van der Waals surface area contributed by atoms with Gasteiger partial charge in [-0.15, -0.1) is 0 Å². The van der Waals surface area contributed by atoms with Crippen molar-refractivity contribution in [3.05, 3.63) is 42.0 Å². The number of ether oxygens (including phenoxy) is 4. The molecule has 2 aromatic rings. The van der Waals surface area contributed by atoms with E-state index < -0.39 is 16.1 Å². The molecule has 9 nitrogen and oxygen atoms in total. The first kappa shape index (κ1) is 23.5. The number of hydrogen-bond acceptors (Lipinski definition) is 7. The molecule has 1 heterocycles. The van der Waals surface area contributed by atoms with E-state index in [1.807, 2.05) is 6.07 Å². The van der Waals surface area contributed by atoms with E-state index in [2.05, 4.69) is 0 Å². The van der Waals surface area contributed by atoms with Crippen molar-refractivity contribution < 1.29 is 32.2 Å². The van der Waals surface area contributed by atoms with Gasteiger partial charge >= 0.3 is 0 Å². The molecule has 0 spiro atoms. The Morgan fingerprint density at radius 1 is 1.03 bits per heavy atom. The number of rotatable bonds is 8. The summed E-state index contributed by atoms with van der Waals surface area (Å²) in [5.74, 6) is 1.76. The van der Waals surface area contributed by atoms with E-state index in [4.69, 9.17) is 18.9 Å². The van der Waals surface area contributed by atoms with Gasteiger partial charge in [0.05, 0.1) is 26.2 Å². The fourth-order valence-electron chi connectivity index (χ4n) is 3.62. The summed E-state index contributed by atoms with van der Waals surface area (Å²) in [7, 11) is 0.949. The van der Waals surface area contributed by atoms with E-state index in [0.29, 0.717) is 41.9 Å². The molecule has 1 aliphatic rings. The SMILES string of the molecule is COc1ccc(CN(C)C(=O)[C@H](C)N(c2ccc3c(c2)OCCO3)S(C)(=O)=O)cc1OC. The van der Waals surface area contributed by atoms with Gasteiger partial charge in [0.25, 0.3) is 0 Å². The second-order valence-electron chi connectivity index (χ2n) is 7.45. The molecule has 1 atom stereocenters. The summed E-state index contributed by atoms with van der Waals surface area (Å²) in [5.41, 5.74) is 1.15. The topological polar surface area (TPSA) is 94.6 Å². The minimum atomic E-state index is -3.76. The zero-order valence-electron chi connectivity index (χ0n) is 18.8. The molecule has 0 N–H and O–H groups in total. The molecule has 3 rings (SSSR count). The smallest absolute Gasteiger partial charge is 0.246 e. The van der Waals surface area contributed by atoms with Crippen LogP contribution in [0.15, 0.2) is 36.4 Å². The van der Waals surface area contributed by atoms with Crippen LogP contribution < -0.4 is 23.3 Å². The van der Waals surface area contributed by atoms with Gasteiger partial charge in [-0.3, -0.25) is 9.10 Å². The molecule has 1 aliphatic heterocycles. The van der Waals surface area contributed by atoms with Crippen LogP contribution in [0.4, 0.5) is 5.69 Å². The first-order valence-corrected chi connectivity index (χ1v) is 11.9. The van der Waals surface area contributed by atoms with E-state index >= 15 is 0 Å². The lowest BCUT2D eigenvalue weighted by Crippen LogP contribution is -2.48. The van der Waals surface area contributed by atoms with Gasteiger partial charge in [-0.25, -0.2) is 8.42 Å². The van der Waals surface area contributed by atoms with E-state index in [9.17, 15) is 13.2 Å². The quantitative estimate of drug-likeness (QED) is 0.592. The molecule has 0 aliphatic carbocycles. The summed E-state index contributed by atoms with van der Waals surface area (Å²) in [4.78, 5) is 14.7. The number of anilines is 1. The predicted octanol–water partition coefficient (Wildman–Crippen LogP) is 2.29. The fourth-order valence-corrected chi connectivity index (χ4v) is 4.78. The first-order chi connectivity index (χ1) is 15.2. The van der Waals surface area contributed by atoms with Crippen LogP contribution >= 0.6 is 0 Å². The summed E-state index contributed by atoms with van der Waals surface area (Å²) in [6.45, 7) is 2.63.